The molecular formula is C6H4ClN3S. The molecule has 0 unspecified atom stereocenters. The van der Waals surface area contributed by atoms with Gasteiger partial charge in [-0.25, -0.2) is 9.97 Å². The van der Waals surface area contributed by atoms with E-state index >= 15 is 0 Å². The average Bonchev–Trinajstić information content (AvgIpc) is 1.85. The van der Waals surface area contributed by atoms with E-state index in [9.17, 15) is 0 Å². The second-order valence-electron chi connectivity index (χ2n) is 1.81. The SMILES string of the molecule is Cc1cc(SC#N)nc(Cl)n1. The lowest BCUT2D eigenvalue weighted by atomic mass is 10.5. The Hall–Kier alpha value is -0.790. The van der Waals surface area contributed by atoms with Crippen molar-refractivity contribution in [3.8, 4) is 5.40 Å². The summed E-state index contributed by atoms with van der Waals surface area (Å²) in [7, 11) is 0. The van der Waals surface area contributed by atoms with E-state index in [1.165, 1.54) is 0 Å². The van der Waals surface area contributed by atoms with Gasteiger partial charge in [-0.15, -0.1) is 0 Å². The molecule has 1 rings (SSSR count). The van der Waals surface area contributed by atoms with Crippen LogP contribution in [0.5, 0.6) is 0 Å². The minimum atomic E-state index is 0.183. The summed E-state index contributed by atoms with van der Waals surface area (Å²) < 4.78 is 0. The summed E-state index contributed by atoms with van der Waals surface area (Å²) in [6.07, 6.45) is 0. The average molecular weight is 186 g/mol. The Labute approximate surface area is 73.4 Å². The van der Waals surface area contributed by atoms with Gasteiger partial charge in [-0.1, -0.05) is 0 Å². The number of thiocyanates is 1. The standard InChI is InChI=1S/C6H4ClN3S/c1-4-2-5(11-3-8)10-6(7)9-4/h2H,1H3. The molecule has 1 aromatic rings. The van der Waals surface area contributed by atoms with E-state index in [0.29, 0.717) is 5.03 Å². The second kappa shape index (κ2) is 3.56. The molecule has 0 atom stereocenters. The van der Waals surface area contributed by atoms with Gasteiger partial charge < -0.3 is 0 Å². The molecule has 0 amide bonds. The fourth-order valence-electron chi connectivity index (χ4n) is 0.604. The van der Waals surface area contributed by atoms with Crippen LogP contribution in [0.2, 0.25) is 5.28 Å². The number of thioether (sulfide) groups is 1. The van der Waals surface area contributed by atoms with Gasteiger partial charge in [-0.2, -0.15) is 5.26 Å². The number of hydrogen-bond acceptors (Lipinski definition) is 4. The van der Waals surface area contributed by atoms with Crippen molar-refractivity contribution in [2.75, 3.05) is 0 Å². The van der Waals surface area contributed by atoms with Crippen molar-refractivity contribution in [1.29, 1.82) is 5.26 Å². The number of rotatable bonds is 1. The molecule has 0 aliphatic heterocycles. The van der Waals surface area contributed by atoms with E-state index < -0.39 is 0 Å². The number of aryl methyl sites for hydroxylation is 1. The largest absolute Gasteiger partial charge is 0.223 e. The lowest BCUT2D eigenvalue weighted by Gasteiger charge is -1.94. The van der Waals surface area contributed by atoms with Gasteiger partial charge in [-0.3, -0.25) is 0 Å². The van der Waals surface area contributed by atoms with Crippen molar-refractivity contribution in [3.05, 3.63) is 17.0 Å². The summed E-state index contributed by atoms with van der Waals surface area (Å²) in [5, 5.41) is 11.0. The van der Waals surface area contributed by atoms with Gasteiger partial charge >= 0.3 is 0 Å². The van der Waals surface area contributed by atoms with Crippen molar-refractivity contribution < 1.29 is 0 Å². The third kappa shape index (κ3) is 2.37. The molecule has 0 radical (unpaired) electrons. The van der Waals surface area contributed by atoms with Crippen LogP contribution in [0, 0.1) is 17.6 Å². The fraction of sp³-hybridized carbons (Fsp3) is 0.167. The Bertz CT molecular complexity index is 287. The van der Waals surface area contributed by atoms with Gasteiger partial charge in [-0.05, 0) is 24.6 Å². The third-order valence-electron chi connectivity index (χ3n) is 0.954. The van der Waals surface area contributed by atoms with Gasteiger partial charge in [0.25, 0.3) is 0 Å². The van der Waals surface area contributed by atoms with Crippen LogP contribution < -0.4 is 0 Å². The molecule has 0 bridgehead atoms. The van der Waals surface area contributed by atoms with Crippen LogP contribution in [0.15, 0.2) is 11.1 Å². The van der Waals surface area contributed by atoms with E-state index in [1.807, 2.05) is 5.40 Å². The zero-order valence-corrected chi connectivity index (χ0v) is 7.28. The van der Waals surface area contributed by atoms with Gasteiger partial charge in [0.2, 0.25) is 5.28 Å². The number of hydrogen-bond donors (Lipinski definition) is 0. The van der Waals surface area contributed by atoms with E-state index in [-0.39, 0.29) is 5.28 Å². The van der Waals surface area contributed by atoms with E-state index in [2.05, 4.69) is 9.97 Å². The first kappa shape index (κ1) is 8.31. The number of nitrogens with zero attached hydrogens (tertiary/aromatic N) is 3. The summed E-state index contributed by atoms with van der Waals surface area (Å²) in [5.74, 6) is 0. The lowest BCUT2D eigenvalue weighted by molar-refractivity contribution is 1.01. The molecule has 1 heterocycles. The summed E-state index contributed by atoms with van der Waals surface area (Å²) in [6, 6.07) is 1.71. The molecule has 0 saturated carbocycles. The van der Waals surface area contributed by atoms with Crippen molar-refractivity contribution in [1.82, 2.24) is 9.97 Å². The van der Waals surface area contributed by atoms with Crippen LogP contribution in [-0.4, -0.2) is 9.97 Å². The molecule has 0 aliphatic rings. The van der Waals surface area contributed by atoms with E-state index in [4.69, 9.17) is 16.9 Å². The predicted octanol–water partition coefficient (Wildman–Crippen LogP) is 2.01. The third-order valence-corrected chi connectivity index (χ3v) is 1.63. The maximum absolute atomic E-state index is 8.31. The Balaban J connectivity index is 3.01. The van der Waals surface area contributed by atoms with Gasteiger partial charge in [0, 0.05) is 17.5 Å². The highest BCUT2D eigenvalue weighted by Crippen LogP contribution is 2.15. The summed E-state index contributed by atoms with van der Waals surface area (Å²) in [6.45, 7) is 1.80. The molecule has 56 valence electrons. The Morgan fingerprint density at radius 1 is 1.64 bits per heavy atom. The zero-order valence-electron chi connectivity index (χ0n) is 5.71. The Kier molecular flexibility index (Phi) is 2.69. The molecule has 0 saturated heterocycles. The molecule has 0 spiro atoms. The highest BCUT2D eigenvalue weighted by Gasteiger charge is 1.98. The van der Waals surface area contributed by atoms with Gasteiger partial charge in [0.1, 0.15) is 10.4 Å². The van der Waals surface area contributed by atoms with Crippen molar-refractivity contribution >= 4 is 23.4 Å². The lowest BCUT2D eigenvalue weighted by Crippen LogP contribution is -1.87. The first-order valence-corrected chi connectivity index (χ1v) is 3.99. The minimum Gasteiger partial charge on any atom is -0.223 e. The first-order chi connectivity index (χ1) is 5.22. The smallest absolute Gasteiger partial charge is 0.223 e. The maximum Gasteiger partial charge on any atom is 0.223 e. The number of halogens is 1. The van der Waals surface area contributed by atoms with Gasteiger partial charge in [0.15, 0.2) is 0 Å². The topological polar surface area (TPSA) is 49.6 Å². The van der Waals surface area contributed by atoms with Crippen molar-refractivity contribution in [2.45, 2.75) is 11.9 Å². The van der Waals surface area contributed by atoms with Crippen LogP contribution in [0.1, 0.15) is 5.69 Å². The molecular weight excluding hydrogens is 182 g/mol. The predicted molar refractivity (Wildman–Crippen MR) is 43.2 cm³/mol. The Morgan fingerprint density at radius 2 is 2.36 bits per heavy atom. The van der Waals surface area contributed by atoms with Crippen LogP contribution in [0.4, 0.5) is 0 Å². The summed E-state index contributed by atoms with van der Waals surface area (Å²) in [4.78, 5) is 7.67. The van der Waals surface area contributed by atoms with Crippen LogP contribution in [-0.2, 0) is 0 Å². The maximum atomic E-state index is 8.31. The molecule has 3 nitrogen and oxygen atoms in total. The summed E-state index contributed by atoms with van der Waals surface area (Å²) in [5.41, 5.74) is 0.766. The van der Waals surface area contributed by atoms with Crippen LogP contribution in [0.25, 0.3) is 0 Å². The summed E-state index contributed by atoms with van der Waals surface area (Å²) >= 11 is 6.51. The molecule has 0 aromatic carbocycles. The molecule has 5 heteroatoms. The molecule has 0 aliphatic carbocycles. The van der Waals surface area contributed by atoms with E-state index in [1.54, 1.807) is 13.0 Å². The molecule has 0 fully saturated rings. The van der Waals surface area contributed by atoms with E-state index in [0.717, 1.165) is 17.5 Å². The fourth-order valence-corrected chi connectivity index (χ4v) is 1.33. The highest BCUT2D eigenvalue weighted by atomic mass is 35.5. The van der Waals surface area contributed by atoms with Crippen LogP contribution >= 0.6 is 23.4 Å². The second-order valence-corrected chi connectivity index (χ2v) is 2.95. The quantitative estimate of drug-likeness (QED) is 0.291. The number of nitriles is 1. The highest BCUT2D eigenvalue weighted by molar-refractivity contribution is 8.03. The minimum absolute atomic E-state index is 0.183. The monoisotopic (exact) mass is 185 g/mol. The van der Waals surface area contributed by atoms with Gasteiger partial charge in [0.05, 0.1) is 0 Å². The molecule has 11 heavy (non-hydrogen) atoms. The van der Waals surface area contributed by atoms with Crippen molar-refractivity contribution in [3.63, 3.8) is 0 Å². The number of aromatic nitrogens is 2. The van der Waals surface area contributed by atoms with Crippen LogP contribution in [0.3, 0.4) is 0 Å². The van der Waals surface area contributed by atoms with Crippen molar-refractivity contribution in [2.24, 2.45) is 0 Å². The Morgan fingerprint density at radius 3 is 2.91 bits per heavy atom. The normalized spacial score (nSPS) is 9.18. The first-order valence-electron chi connectivity index (χ1n) is 2.79. The molecule has 0 N–H and O–H groups in total. The molecule has 1 aromatic heterocycles. The zero-order chi connectivity index (χ0) is 8.27.